The summed E-state index contributed by atoms with van der Waals surface area (Å²) < 4.78 is 8.07. The Balaban J connectivity index is 1.62. The summed E-state index contributed by atoms with van der Waals surface area (Å²) in [6.07, 6.45) is 3.79. The van der Waals surface area contributed by atoms with Crippen LogP contribution in [-0.2, 0) is 0 Å². The number of anilines is 1. The lowest BCUT2D eigenvalue weighted by molar-refractivity contribution is 0.242. The predicted octanol–water partition coefficient (Wildman–Crippen LogP) is 5.91. The third kappa shape index (κ3) is 4.08. The Morgan fingerprint density at radius 1 is 1.06 bits per heavy atom. The number of benzene rings is 1. The van der Waals surface area contributed by atoms with E-state index < -0.39 is 0 Å². The number of aryl methyl sites for hydroxylation is 1. The van der Waals surface area contributed by atoms with Crippen LogP contribution < -0.4 is 15.0 Å². The summed E-state index contributed by atoms with van der Waals surface area (Å²) in [4.78, 5) is 11.4. The molecule has 3 aromatic heterocycles. The van der Waals surface area contributed by atoms with Crippen molar-refractivity contribution < 1.29 is 4.74 Å². The lowest BCUT2D eigenvalue weighted by Gasteiger charge is -2.28. The molecule has 0 radical (unpaired) electrons. The summed E-state index contributed by atoms with van der Waals surface area (Å²) in [5.74, 6) is 0.844. The molecule has 1 N–H and O–H groups in total. The fourth-order valence-electron chi connectivity index (χ4n) is 4.61. The normalized spacial score (nSPS) is 17.9. The largest absolute Gasteiger partial charge is 0.491 e. The summed E-state index contributed by atoms with van der Waals surface area (Å²) in [5, 5.41) is 7.19. The van der Waals surface area contributed by atoms with Crippen LogP contribution in [0.4, 0.5) is 5.69 Å². The molecule has 6 nitrogen and oxygen atoms in total. The van der Waals surface area contributed by atoms with Crippen LogP contribution in [0.3, 0.4) is 0 Å². The van der Waals surface area contributed by atoms with E-state index in [0.717, 1.165) is 33.7 Å². The first-order valence-corrected chi connectivity index (χ1v) is 12.6. The zero-order chi connectivity index (χ0) is 23.8. The number of thiocarbonyl (C=S) groups is 1. The molecule has 1 saturated heterocycles. The average molecular weight is 490 g/mol. The van der Waals surface area contributed by atoms with Gasteiger partial charge < -0.3 is 15.0 Å². The number of pyridine rings is 1. The van der Waals surface area contributed by atoms with Crippen LogP contribution in [0.25, 0.3) is 5.13 Å². The molecular weight excluding hydrogens is 462 g/mol. The Morgan fingerprint density at radius 3 is 2.50 bits per heavy atom. The number of hydrogen-bond donors (Lipinski definition) is 1. The molecule has 174 valence electrons. The SMILES string of the molecule is Cc1cc([C@H]2[C@H](c3ccccn3)NC(=S)N2c2ccc(OC(C)C)cc2)c(C)n1-c1nccs1. The quantitative estimate of drug-likeness (QED) is 0.340. The standard InChI is InChI=1S/C26H27N5OS2/c1-16(2)32-20-10-8-19(9-11-20)31-24(23(29-25(31)33)22-7-5-6-12-27-22)21-15-17(3)30(18(21)4)26-28-13-14-34-26/h5-16,23-24H,1-4H3,(H,29,33)/t23-,24-/m0/s1. The molecule has 8 heteroatoms. The second-order valence-corrected chi connectivity index (χ2v) is 9.89. The molecule has 34 heavy (non-hydrogen) atoms. The highest BCUT2D eigenvalue weighted by molar-refractivity contribution is 7.80. The van der Waals surface area contributed by atoms with Gasteiger partial charge in [-0.3, -0.25) is 9.55 Å². The van der Waals surface area contributed by atoms with Gasteiger partial charge in [-0.15, -0.1) is 11.3 Å². The monoisotopic (exact) mass is 489 g/mol. The van der Waals surface area contributed by atoms with Gasteiger partial charge in [0.15, 0.2) is 10.2 Å². The number of hydrogen-bond acceptors (Lipinski definition) is 5. The third-order valence-corrected chi connectivity index (χ3v) is 7.06. The minimum Gasteiger partial charge on any atom is -0.491 e. The van der Waals surface area contributed by atoms with Crippen LogP contribution in [0.2, 0.25) is 0 Å². The predicted molar refractivity (Wildman–Crippen MR) is 141 cm³/mol. The van der Waals surface area contributed by atoms with Gasteiger partial charge in [0, 0.05) is 34.8 Å². The maximum Gasteiger partial charge on any atom is 0.193 e. The summed E-state index contributed by atoms with van der Waals surface area (Å²) in [5.41, 5.74) is 5.45. The van der Waals surface area contributed by atoms with Crippen molar-refractivity contribution in [1.29, 1.82) is 0 Å². The highest BCUT2D eigenvalue weighted by atomic mass is 32.1. The van der Waals surface area contributed by atoms with Gasteiger partial charge in [0.05, 0.1) is 23.9 Å². The zero-order valence-electron chi connectivity index (χ0n) is 19.6. The molecule has 0 unspecified atom stereocenters. The van der Waals surface area contributed by atoms with Crippen molar-refractivity contribution in [3.63, 3.8) is 0 Å². The van der Waals surface area contributed by atoms with Crippen LogP contribution in [0.15, 0.2) is 66.3 Å². The third-order valence-electron chi connectivity index (χ3n) is 5.98. The lowest BCUT2D eigenvalue weighted by atomic mass is 9.96. The smallest absolute Gasteiger partial charge is 0.193 e. The van der Waals surface area contributed by atoms with Crippen molar-refractivity contribution >= 4 is 34.4 Å². The van der Waals surface area contributed by atoms with Crippen LogP contribution in [0.1, 0.15) is 48.6 Å². The molecule has 0 amide bonds. The van der Waals surface area contributed by atoms with Gasteiger partial charge in [0.2, 0.25) is 0 Å². The molecule has 1 aliphatic heterocycles. The van der Waals surface area contributed by atoms with Gasteiger partial charge in [-0.25, -0.2) is 4.98 Å². The van der Waals surface area contributed by atoms with Crippen molar-refractivity contribution in [2.24, 2.45) is 0 Å². The summed E-state index contributed by atoms with van der Waals surface area (Å²) in [7, 11) is 0. The van der Waals surface area contributed by atoms with Crippen LogP contribution in [0.5, 0.6) is 5.75 Å². The van der Waals surface area contributed by atoms with Gasteiger partial charge in [-0.05, 0) is 87.9 Å². The highest BCUT2D eigenvalue weighted by Crippen LogP contribution is 2.44. The van der Waals surface area contributed by atoms with E-state index in [1.54, 1.807) is 11.3 Å². The first-order valence-electron chi connectivity index (χ1n) is 11.3. The topological polar surface area (TPSA) is 55.2 Å². The number of aromatic nitrogens is 3. The Bertz CT molecular complexity index is 1280. The second kappa shape index (κ2) is 9.19. The number of nitrogens with one attached hydrogen (secondary N) is 1. The van der Waals surface area contributed by atoms with E-state index in [1.165, 1.54) is 5.56 Å². The van der Waals surface area contributed by atoms with Crippen molar-refractivity contribution in [3.05, 3.63) is 88.9 Å². The van der Waals surface area contributed by atoms with Crippen molar-refractivity contribution in [3.8, 4) is 10.9 Å². The fraction of sp³-hybridized carbons (Fsp3) is 0.269. The molecule has 0 bridgehead atoms. The molecule has 1 aliphatic rings. The molecule has 4 heterocycles. The van der Waals surface area contributed by atoms with Gasteiger partial charge in [-0.2, -0.15) is 0 Å². The first-order chi connectivity index (χ1) is 16.4. The second-order valence-electron chi connectivity index (χ2n) is 8.63. The minimum absolute atomic E-state index is 0.0702. The maximum atomic E-state index is 5.88. The minimum atomic E-state index is -0.0921. The van der Waals surface area contributed by atoms with Crippen molar-refractivity contribution in [1.82, 2.24) is 19.9 Å². The van der Waals surface area contributed by atoms with Crippen molar-refractivity contribution in [2.45, 2.75) is 45.9 Å². The fourth-order valence-corrected chi connectivity index (χ4v) is 5.71. The molecule has 0 saturated carbocycles. The van der Waals surface area contributed by atoms with Gasteiger partial charge >= 0.3 is 0 Å². The van der Waals surface area contributed by atoms with Gasteiger partial charge in [0.1, 0.15) is 5.75 Å². The Labute approximate surface area is 209 Å². The lowest BCUT2D eigenvalue weighted by Crippen LogP contribution is -2.29. The van der Waals surface area contributed by atoms with Crippen LogP contribution >= 0.6 is 23.6 Å². The van der Waals surface area contributed by atoms with Gasteiger partial charge in [0.25, 0.3) is 0 Å². The molecule has 5 rings (SSSR count). The van der Waals surface area contributed by atoms with Crippen LogP contribution in [-0.4, -0.2) is 25.8 Å². The average Bonchev–Trinajstić information content (AvgIpc) is 3.52. The van der Waals surface area contributed by atoms with Crippen LogP contribution in [0, 0.1) is 13.8 Å². The summed E-state index contributed by atoms with van der Waals surface area (Å²) in [6.45, 7) is 8.33. The van der Waals surface area contributed by atoms with E-state index in [4.69, 9.17) is 17.0 Å². The van der Waals surface area contributed by atoms with E-state index in [-0.39, 0.29) is 18.2 Å². The van der Waals surface area contributed by atoms with Crippen molar-refractivity contribution in [2.75, 3.05) is 4.90 Å². The van der Waals surface area contributed by atoms with E-state index >= 15 is 0 Å². The molecule has 4 aromatic rings. The zero-order valence-corrected chi connectivity index (χ0v) is 21.2. The maximum absolute atomic E-state index is 5.88. The Morgan fingerprint density at radius 2 is 1.85 bits per heavy atom. The number of ether oxygens (including phenoxy) is 1. The number of nitrogens with zero attached hydrogens (tertiary/aromatic N) is 4. The molecule has 2 atom stereocenters. The number of thiazole rings is 1. The molecule has 0 aliphatic carbocycles. The highest BCUT2D eigenvalue weighted by Gasteiger charge is 2.42. The van der Waals surface area contributed by atoms with E-state index in [1.807, 2.05) is 55.9 Å². The molecule has 1 aromatic carbocycles. The summed E-state index contributed by atoms with van der Waals surface area (Å²) >= 11 is 7.51. The molecular formula is C26H27N5OS2. The Hall–Kier alpha value is -3.23. The van der Waals surface area contributed by atoms with E-state index in [0.29, 0.717) is 5.11 Å². The number of rotatable bonds is 6. The van der Waals surface area contributed by atoms with E-state index in [9.17, 15) is 0 Å². The summed E-state index contributed by atoms with van der Waals surface area (Å²) in [6, 6.07) is 16.2. The molecule has 1 fully saturated rings. The molecule has 0 spiro atoms. The first kappa shape index (κ1) is 22.6. The van der Waals surface area contributed by atoms with Gasteiger partial charge in [-0.1, -0.05) is 6.07 Å². The Kier molecular flexibility index (Phi) is 6.10. The van der Waals surface area contributed by atoms with E-state index in [2.05, 4.69) is 62.9 Å².